The highest BCUT2D eigenvalue weighted by atomic mass is 35.5. The first-order valence-corrected chi connectivity index (χ1v) is 12.7. The summed E-state index contributed by atoms with van der Waals surface area (Å²) in [5, 5.41) is 17.6. The summed E-state index contributed by atoms with van der Waals surface area (Å²) in [4.78, 5) is 40.8. The lowest BCUT2D eigenvalue weighted by molar-refractivity contribution is -0.137. The van der Waals surface area contributed by atoms with Crippen LogP contribution < -0.4 is 11.1 Å². The predicted molar refractivity (Wildman–Crippen MR) is 145 cm³/mol. The Morgan fingerprint density at radius 3 is 2.77 bits per heavy atom. The molecule has 4 heterocycles. The molecule has 6 rings (SSSR count). The number of aromatic amines is 1. The van der Waals surface area contributed by atoms with E-state index in [2.05, 4.69) is 30.4 Å². The molecule has 13 heteroatoms. The third kappa shape index (κ3) is 4.13. The summed E-state index contributed by atoms with van der Waals surface area (Å²) in [5.74, 6) is -1.00. The molecule has 1 aliphatic rings. The number of anilines is 2. The normalized spacial score (nSPS) is 16.3. The van der Waals surface area contributed by atoms with Crippen molar-refractivity contribution in [2.24, 2.45) is 0 Å². The van der Waals surface area contributed by atoms with Gasteiger partial charge in [-0.05, 0) is 31.2 Å². The van der Waals surface area contributed by atoms with Gasteiger partial charge < -0.3 is 21.1 Å². The maximum absolute atomic E-state index is 14.4. The smallest absolute Gasteiger partial charge is 0.303 e. The number of carboxylic acids is 1. The highest BCUT2D eigenvalue weighted by Crippen LogP contribution is 2.44. The standard InChI is InChI=1S/C27H22ClFN8O3/c1-27(25-31-11-15(32-25)7-9-19(38)39)20-22(30)33-24(34-23(20)35-26(27)40)21-16-8-6-14(28)10-18(16)37(36-21)12-13-4-2-3-5-17(13)29/h2-6,8,10-11H,7,9,12H2,1H3,(H,31,32)(H,38,39)(H3,30,33,34,35,40). The van der Waals surface area contributed by atoms with Crippen LogP contribution >= 0.6 is 11.6 Å². The van der Waals surface area contributed by atoms with E-state index in [1.165, 1.54) is 6.07 Å². The number of carbonyl (C=O) groups is 2. The van der Waals surface area contributed by atoms with E-state index in [1.807, 2.05) is 0 Å². The first-order chi connectivity index (χ1) is 19.1. The number of hydrogen-bond acceptors (Lipinski definition) is 7. The third-order valence-corrected chi connectivity index (χ3v) is 7.26. The summed E-state index contributed by atoms with van der Waals surface area (Å²) < 4.78 is 16.1. The van der Waals surface area contributed by atoms with Crippen LogP contribution in [-0.2, 0) is 28.0 Å². The van der Waals surface area contributed by atoms with Gasteiger partial charge in [-0.1, -0.05) is 29.8 Å². The van der Waals surface area contributed by atoms with Crippen LogP contribution in [-0.4, -0.2) is 46.7 Å². The average molecular weight is 561 g/mol. The number of imidazole rings is 1. The molecule has 0 saturated carbocycles. The first kappa shape index (κ1) is 25.4. The molecule has 0 aliphatic carbocycles. The van der Waals surface area contributed by atoms with Gasteiger partial charge in [-0.25, -0.2) is 19.3 Å². The zero-order chi connectivity index (χ0) is 28.2. The molecular formula is C27H22ClFN8O3. The fourth-order valence-corrected chi connectivity index (χ4v) is 5.11. The van der Waals surface area contributed by atoms with Crippen molar-refractivity contribution in [3.8, 4) is 11.5 Å². The fraction of sp³-hybridized carbons (Fsp3) is 0.185. The Morgan fingerprint density at radius 1 is 1.20 bits per heavy atom. The number of carboxylic acid groups (broad SMARTS) is 1. The van der Waals surface area contributed by atoms with Crippen LogP contribution in [0.4, 0.5) is 16.0 Å². The second kappa shape index (κ2) is 9.42. The number of fused-ring (bicyclic) bond motifs is 2. The largest absolute Gasteiger partial charge is 0.481 e. The molecule has 1 amide bonds. The van der Waals surface area contributed by atoms with Gasteiger partial charge in [0.1, 0.15) is 34.4 Å². The van der Waals surface area contributed by atoms with Gasteiger partial charge in [-0.15, -0.1) is 0 Å². The molecule has 0 spiro atoms. The minimum atomic E-state index is -1.33. The minimum absolute atomic E-state index is 0.0510. The Hall–Kier alpha value is -4.84. The number of amides is 1. The molecule has 1 atom stereocenters. The Bertz CT molecular complexity index is 1830. The zero-order valence-electron chi connectivity index (χ0n) is 21.1. The number of rotatable bonds is 7. The molecule has 3 aromatic heterocycles. The molecule has 0 bridgehead atoms. The van der Waals surface area contributed by atoms with Gasteiger partial charge in [-0.2, -0.15) is 5.10 Å². The third-order valence-electron chi connectivity index (χ3n) is 7.03. The molecule has 40 heavy (non-hydrogen) atoms. The zero-order valence-corrected chi connectivity index (χ0v) is 21.8. The summed E-state index contributed by atoms with van der Waals surface area (Å²) in [6.45, 7) is 1.79. The van der Waals surface area contributed by atoms with E-state index in [4.69, 9.17) is 22.4 Å². The van der Waals surface area contributed by atoms with Crippen LogP contribution in [0.3, 0.4) is 0 Å². The molecule has 11 nitrogen and oxygen atoms in total. The van der Waals surface area contributed by atoms with Crippen molar-refractivity contribution < 1.29 is 19.1 Å². The molecule has 0 saturated heterocycles. The molecule has 202 valence electrons. The van der Waals surface area contributed by atoms with Crippen LogP contribution in [0.1, 0.15) is 36.0 Å². The van der Waals surface area contributed by atoms with E-state index in [1.54, 1.807) is 54.2 Å². The molecule has 0 radical (unpaired) electrons. The topological polar surface area (TPSA) is 165 Å². The lowest BCUT2D eigenvalue weighted by atomic mass is 9.83. The summed E-state index contributed by atoms with van der Waals surface area (Å²) in [6, 6.07) is 11.6. The molecule has 5 aromatic rings. The summed E-state index contributed by atoms with van der Waals surface area (Å²) >= 11 is 6.27. The number of aromatic nitrogens is 6. The molecule has 2 aromatic carbocycles. The van der Waals surface area contributed by atoms with E-state index in [0.29, 0.717) is 44.3 Å². The van der Waals surface area contributed by atoms with Crippen molar-refractivity contribution in [1.82, 2.24) is 29.7 Å². The molecule has 1 aliphatic heterocycles. The van der Waals surface area contributed by atoms with Gasteiger partial charge in [0.25, 0.3) is 0 Å². The highest BCUT2D eigenvalue weighted by Gasteiger charge is 2.50. The van der Waals surface area contributed by atoms with E-state index >= 15 is 0 Å². The average Bonchev–Trinajstić information content (AvgIpc) is 3.60. The van der Waals surface area contributed by atoms with Crippen LogP contribution in [0.15, 0.2) is 48.7 Å². The van der Waals surface area contributed by atoms with Crippen molar-refractivity contribution in [2.75, 3.05) is 11.1 Å². The number of aliphatic carboxylic acids is 1. The van der Waals surface area contributed by atoms with E-state index in [9.17, 15) is 14.0 Å². The maximum Gasteiger partial charge on any atom is 0.303 e. The maximum atomic E-state index is 14.4. The highest BCUT2D eigenvalue weighted by molar-refractivity contribution is 6.31. The summed E-state index contributed by atoms with van der Waals surface area (Å²) in [7, 11) is 0. The first-order valence-electron chi connectivity index (χ1n) is 12.3. The number of H-pyrrole nitrogens is 1. The van der Waals surface area contributed by atoms with Gasteiger partial charge in [0.05, 0.1) is 29.7 Å². The van der Waals surface area contributed by atoms with Gasteiger partial charge >= 0.3 is 5.97 Å². The van der Waals surface area contributed by atoms with Crippen molar-refractivity contribution in [3.05, 3.63) is 82.1 Å². The Balaban J connectivity index is 1.43. The van der Waals surface area contributed by atoms with Crippen LogP contribution in [0.5, 0.6) is 0 Å². The van der Waals surface area contributed by atoms with Crippen LogP contribution in [0.25, 0.3) is 22.4 Å². The molecule has 1 unspecified atom stereocenters. The lowest BCUT2D eigenvalue weighted by Gasteiger charge is -2.20. The molecular weight excluding hydrogens is 539 g/mol. The predicted octanol–water partition coefficient (Wildman–Crippen LogP) is 3.91. The lowest BCUT2D eigenvalue weighted by Crippen LogP contribution is -2.34. The SMILES string of the molecule is CC1(c2nc(CCC(=O)O)c[nH]2)C(=O)Nc2nc(-c3nn(Cc4ccccc4F)c4cc(Cl)ccc34)nc(N)c21. The number of nitrogens with zero attached hydrogens (tertiary/aromatic N) is 5. The number of nitrogens with two attached hydrogens (primary N) is 1. The van der Waals surface area contributed by atoms with Gasteiger partial charge in [0, 0.05) is 28.6 Å². The van der Waals surface area contributed by atoms with E-state index in [0.717, 1.165) is 0 Å². The monoisotopic (exact) mass is 560 g/mol. The summed E-state index contributed by atoms with van der Waals surface area (Å²) in [5.41, 5.74) is 7.42. The Morgan fingerprint density at radius 2 is 2.00 bits per heavy atom. The molecule has 5 N–H and O–H groups in total. The van der Waals surface area contributed by atoms with Crippen molar-refractivity contribution in [1.29, 1.82) is 0 Å². The number of aryl methyl sites for hydroxylation is 1. The second-order valence-electron chi connectivity index (χ2n) is 9.63. The van der Waals surface area contributed by atoms with Crippen molar-refractivity contribution in [3.63, 3.8) is 0 Å². The van der Waals surface area contributed by atoms with Gasteiger partial charge in [0.15, 0.2) is 5.82 Å². The number of benzene rings is 2. The number of halogens is 2. The van der Waals surface area contributed by atoms with Crippen molar-refractivity contribution >= 4 is 46.0 Å². The molecule has 0 fully saturated rings. The minimum Gasteiger partial charge on any atom is -0.481 e. The summed E-state index contributed by atoms with van der Waals surface area (Å²) in [6.07, 6.45) is 1.68. The second-order valence-corrected chi connectivity index (χ2v) is 10.1. The number of hydrogen-bond donors (Lipinski definition) is 4. The Labute approximate surface area is 231 Å². The number of nitrogens with one attached hydrogen (secondary N) is 2. The van der Waals surface area contributed by atoms with E-state index < -0.39 is 17.3 Å². The number of nitrogen functional groups attached to an aromatic ring is 1. The van der Waals surface area contributed by atoms with Crippen LogP contribution in [0.2, 0.25) is 5.02 Å². The van der Waals surface area contributed by atoms with Gasteiger partial charge in [-0.3, -0.25) is 14.3 Å². The Kier molecular flexibility index (Phi) is 5.99. The van der Waals surface area contributed by atoms with Crippen molar-refractivity contribution in [2.45, 2.75) is 31.7 Å². The van der Waals surface area contributed by atoms with E-state index in [-0.39, 0.29) is 42.7 Å². The van der Waals surface area contributed by atoms with Gasteiger partial charge in [0.2, 0.25) is 5.91 Å². The quantitative estimate of drug-likeness (QED) is 0.232. The fourth-order valence-electron chi connectivity index (χ4n) is 4.94. The van der Waals surface area contributed by atoms with Crippen LogP contribution in [0, 0.1) is 5.82 Å². The number of carbonyl (C=O) groups excluding carboxylic acids is 1.